The quantitative estimate of drug-likeness (QED) is 0.0142. The van der Waals surface area contributed by atoms with Crippen LogP contribution in [0.2, 0.25) is 0 Å². The third-order valence-corrected chi connectivity index (χ3v) is 17.3. The maximum Gasteiger partial charge on any atom is 0.320 e. The minimum Gasteiger partial charge on any atom is -0.481 e. The Balaban J connectivity index is 0. The van der Waals surface area contributed by atoms with Gasteiger partial charge in [0.2, 0.25) is 0 Å². The van der Waals surface area contributed by atoms with E-state index in [1.165, 1.54) is 112 Å². The van der Waals surface area contributed by atoms with E-state index in [-0.39, 0.29) is 57.7 Å². The van der Waals surface area contributed by atoms with Crippen LogP contribution in [-0.4, -0.2) is 259 Å². The molecule has 6 heterocycles. The number of ether oxygens (including phenoxy) is 8. The van der Waals surface area contributed by atoms with Crippen molar-refractivity contribution in [2.24, 2.45) is 47.3 Å². The zero-order valence-electron chi connectivity index (χ0n) is 67.9. The van der Waals surface area contributed by atoms with Gasteiger partial charge in [-0.15, -0.1) is 20.4 Å². The molecule has 4 aromatic heterocycles. The van der Waals surface area contributed by atoms with Gasteiger partial charge in [-0.25, -0.2) is 0 Å². The first-order valence-corrected chi connectivity index (χ1v) is 38.0. The van der Waals surface area contributed by atoms with Crippen molar-refractivity contribution in [3.63, 3.8) is 0 Å². The lowest BCUT2D eigenvalue weighted by molar-refractivity contribution is -0.166. The van der Waals surface area contributed by atoms with Crippen molar-refractivity contribution >= 4 is 47.8 Å². The van der Waals surface area contributed by atoms with E-state index in [1.807, 2.05) is 50.4 Å². The number of aliphatic hydroxyl groups is 2. The average Bonchev–Trinajstić information content (AvgIpc) is 1.61. The van der Waals surface area contributed by atoms with Gasteiger partial charge < -0.3 is 68.1 Å². The maximum atomic E-state index is 13.0. The minimum absolute atomic E-state index is 0.0230. The molecule has 12 atom stereocenters. The Morgan fingerprint density at radius 3 is 1.17 bits per heavy atom. The molecule has 0 aliphatic carbocycles. The molecule has 0 saturated carbocycles. The van der Waals surface area contributed by atoms with E-state index in [0.717, 1.165) is 52.1 Å². The summed E-state index contributed by atoms with van der Waals surface area (Å²) in [5.41, 5.74) is 0. The molecule has 2 saturated heterocycles. The topological polar surface area (TPSA) is 421 Å². The number of carboxylic acids is 2. The van der Waals surface area contributed by atoms with Gasteiger partial charge in [-0.05, 0) is 120 Å². The number of aliphatic carboxylic acids is 2. The van der Waals surface area contributed by atoms with Crippen LogP contribution in [-0.2, 0) is 102 Å². The summed E-state index contributed by atoms with van der Waals surface area (Å²) in [4.78, 5) is 102. The molecule has 0 radical (unpaired) electrons. The van der Waals surface area contributed by atoms with Crippen LogP contribution in [0.3, 0.4) is 0 Å². The highest BCUT2D eigenvalue weighted by Gasteiger charge is 2.54. The summed E-state index contributed by atoms with van der Waals surface area (Å²) < 4.78 is 48.4. The van der Waals surface area contributed by atoms with E-state index >= 15 is 0 Å². The summed E-state index contributed by atoms with van der Waals surface area (Å²) in [6, 6.07) is 0. The molecule has 620 valence electrons. The largest absolute Gasteiger partial charge is 0.481 e. The number of aliphatic hydroxyl groups excluding tert-OH is 2. The van der Waals surface area contributed by atoms with Crippen LogP contribution >= 0.6 is 0 Å². The molecule has 34 heteroatoms. The van der Waals surface area contributed by atoms with E-state index in [0.29, 0.717) is 6.42 Å². The molecule has 108 heavy (non-hydrogen) atoms. The smallest absolute Gasteiger partial charge is 0.320 e. The Morgan fingerprint density at radius 2 is 0.852 bits per heavy atom. The number of aryl methyl sites for hydroxylation is 4. The summed E-state index contributed by atoms with van der Waals surface area (Å²) in [6.07, 6.45) is 29.4. The fourth-order valence-corrected chi connectivity index (χ4v) is 11.7. The number of hydrogen-bond acceptors (Lipinski definition) is 28. The van der Waals surface area contributed by atoms with Gasteiger partial charge in [0.25, 0.3) is 0 Å². The molecule has 34 nitrogen and oxygen atoms in total. The SMILES string of the molecule is CCC(OC)C1C(=O)OC(=O)C1C.CCCCCCCCn1ccnn1.CCCCCCCCn1ccnn1.CCO.CCO.CCOC(=O)C(C)C(C(=O)O)C(CC1C(=O)OC(=O)C1C(CC(C(=O)OCC)C(C(=O)O)C(CC)OC)OC)OC.CN(C)CCCn1ccnn1.CN(C)CCCn1ccnn1. The van der Waals surface area contributed by atoms with Crippen molar-refractivity contribution in [1.29, 1.82) is 0 Å². The van der Waals surface area contributed by atoms with Crippen molar-refractivity contribution in [2.75, 3.05) is 96.1 Å². The fourth-order valence-electron chi connectivity index (χ4n) is 11.7. The number of methoxy groups -OCH3 is 4. The van der Waals surface area contributed by atoms with E-state index in [4.69, 9.17) is 43.4 Å². The molecule has 4 N–H and O–H groups in total. The lowest BCUT2D eigenvalue weighted by Gasteiger charge is -2.33. The lowest BCUT2D eigenvalue weighted by atomic mass is 9.75. The number of carbonyl (C=O) groups is 8. The first-order chi connectivity index (χ1) is 51.7. The van der Waals surface area contributed by atoms with Gasteiger partial charge in [-0.2, -0.15) is 0 Å². The Kier molecular flexibility index (Phi) is 60.9. The number of carbonyl (C=O) groups excluding carboxylic acids is 6. The first kappa shape index (κ1) is 102. The molecule has 0 bridgehead atoms. The molecule has 2 aliphatic heterocycles. The van der Waals surface area contributed by atoms with Crippen LogP contribution in [0.15, 0.2) is 49.6 Å². The number of unbranched alkanes of at least 4 members (excludes halogenated alkanes) is 10. The van der Waals surface area contributed by atoms with Gasteiger partial charge in [0, 0.05) is 92.6 Å². The van der Waals surface area contributed by atoms with Crippen LogP contribution in [0, 0.1) is 47.3 Å². The molecule has 6 rings (SSSR count). The summed E-state index contributed by atoms with van der Waals surface area (Å²) in [6.45, 7) is 24.2. The zero-order valence-corrected chi connectivity index (χ0v) is 67.9. The van der Waals surface area contributed by atoms with Crippen molar-refractivity contribution in [3.05, 3.63) is 49.6 Å². The summed E-state index contributed by atoms with van der Waals surface area (Å²) in [5, 5.41) is 65.6. The number of aromatic nitrogens is 12. The van der Waals surface area contributed by atoms with Gasteiger partial charge in [-0.3, -0.25) is 57.1 Å². The fraction of sp³-hybridized carbons (Fsp3) is 0.784. The second-order valence-corrected chi connectivity index (χ2v) is 26.1. The molecule has 0 amide bonds. The van der Waals surface area contributed by atoms with Crippen LogP contribution in [0.1, 0.15) is 185 Å². The number of esters is 6. The number of carboxylic acid groups (broad SMARTS) is 2. The number of nitrogens with zero attached hydrogens (tertiary/aromatic N) is 14. The third-order valence-electron chi connectivity index (χ3n) is 17.3. The highest BCUT2D eigenvalue weighted by atomic mass is 16.6. The van der Waals surface area contributed by atoms with Gasteiger partial charge in [0.05, 0.1) is 110 Å². The number of rotatable bonds is 44. The summed E-state index contributed by atoms with van der Waals surface area (Å²) in [5.74, 6) is -15.9. The molecule has 0 aromatic carbocycles. The standard InChI is InChI=1S/C27H42O14.2C10H19N3.C9H14O4.2C7H14N4.2C2H6O/c1-8-16(36-5)20(23(30)31)14(25(33)40-10-3)11-18(38-7)21-15(26(34)41-27(21)35)12-17(37-6)19(22(28)29)13(4)24(32)39-9-2;2*1-2-3-4-5-6-7-9-13-10-8-11-12-13;1-4-6(12-3)7-5(2)8(10)13-9(7)11;2*1-10(2)5-3-6-11-7-4-8-9-11;2*1-2-3/h13-21H,8-12H2,1-7H3,(H,28,29)(H,30,31);2*8,10H,2-7,9H2,1H3;5-7H,4H2,1-3H3;2*4,7H,3,5-6H2,1-2H3;2*3H,2H2,1H3. The van der Waals surface area contributed by atoms with E-state index in [2.05, 4.69) is 97.8 Å². The highest BCUT2D eigenvalue weighted by molar-refractivity contribution is 5.97. The average molecular weight is 1540 g/mol. The van der Waals surface area contributed by atoms with E-state index < -0.39 is 107 Å². The van der Waals surface area contributed by atoms with Crippen molar-refractivity contribution < 1.29 is 96.7 Å². The Labute approximate surface area is 640 Å². The van der Waals surface area contributed by atoms with Crippen LogP contribution in [0.25, 0.3) is 0 Å². The lowest BCUT2D eigenvalue weighted by Crippen LogP contribution is -2.45. The number of cyclic esters (lactones) is 4. The van der Waals surface area contributed by atoms with Crippen molar-refractivity contribution in [1.82, 2.24) is 69.8 Å². The van der Waals surface area contributed by atoms with Crippen LogP contribution < -0.4 is 0 Å². The second-order valence-electron chi connectivity index (χ2n) is 26.1. The molecule has 12 unspecified atom stereocenters. The maximum absolute atomic E-state index is 13.0. The second kappa shape index (κ2) is 64.2. The normalized spacial score (nSPS) is 17.1. The van der Waals surface area contributed by atoms with E-state index in [1.54, 1.807) is 66.3 Å². The molecular formula is C74H134N14O20. The molecule has 2 aliphatic rings. The van der Waals surface area contributed by atoms with E-state index in [9.17, 15) is 48.6 Å². The van der Waals surface area contributed by atoms with Crippen molar-refractivity contribution in [3.8, 4) is 0 Å². The summed E-state index contributed by atoms with van der Waals surface area (Å²) >= 11 is 0. The van der Waals surface area contributed by atoms with Gasteiger partial charge in [0.1, 0.15) is 0 Å². The monoisotopic (exact) mass is 1540 g/mol. The minimum atomic E-state index is -1.44. The molecular weight excluding hydrogens is 1400 g/mol. The van der Waals surface area contributed by atoms with Gasteiger partial charge >= 0.3 is 47.8 Å². The molecule has 4 aromatic rings. The van der Waals surface area contributed by atoms with Gasteiger partial charge in [0.15, 0.2) is 0 Å². The van der Waals surface area contributed by atoms with Gasteiger partial charge in [-0.1, -0.05) is 127 Å². The number of hydrogen-bond donors (Lipinski definition) is 4. The first-order valence-electron chi connectivity index (χ1n) is 38.0. The predicted octanol–water partition coefficient (Wildman–Crippen LogP) is 7.80. The highest BCUT2D eigenvalue weighted by Crippen LogP contribution is 2.39. The van der Waals surface area contributed by atoms with Crippen LogP contribution in [0.4, 0.5) is 0 Å². The van der Waals surface area contributed by atoms with Crippen molar-refractivity contribution in [2.45, 2.75) is 235 Å². The molecule has 2 fully saturated rings. The Morgan fingerprint density at radius 1 is 0.481 bits per heavy atom. The summed E-state index contributed by atoms with van der Waals surface area (Å²) in [7, 11) is 13.6. The Bertz CT molecular complexity index is 2780. The Hall–Kier alpha value is -7.60. The van der Waals surface area contributed by atoms with Crippen LogP contribution in [0.5, 0.6) is 0 Å². The predicted molar refractivity (Wildman–Crippen MR) is 402 cm³/mol. The zero-order chi connectivity index (χ0) is 81.8. The third kappa shape index (κ3) is 43.6. The molecule has 0 spiro atoms.